The highest BCUT2D eigenvalue weighted by molar-refractivity contribution is 5.95. The molecule has 0 aromatic heterocycles. The van der Waals surface area contributed by atoms with Crippen molar-refractivity contribution in [2.45, 2.75) is 38.0 Å². The molecule has 0 spiro atoms. The van der Waals surface area contributed by atoms with E-state index in [4.69, 9.17) is 0 Å². The Hall–Kier alpha value is -2.35. The number of imide groups is 1. The number of carbonyl (C=O) groups is 2. The standard InChI is InChI=1S/C18H22F3N3O2/c1-3-9-22-17(26)23-16(25)11-24(15-7-8-15)12(2)13-5-4-6-14(10-13)18(19,20)21/h3-6,10,12,15H,1,7-9,11H2,2H3,(H2,22,23,25,26). The van der Waals surface area contributed by atoms with Crippen LogP contribution >= 0.6 is 0 Å². The molecule has 8 heteroatoms. The van der Waals surface area contributed by atoms with Gasteiger partial charge in [0.25, 0.3) is 0 Å². The number of urea groups is 1. The first-order chi connectivity index (χ1) is 12.2. The maximum Gasteiger partial charge on any atom is 0.416 e. The molecule has 1 atom stereocenters. The van der Waals surface area contributed by atoms with Gasteiger partial charge in [0.15, 0.2) is 0 Å². The van der Waals surface area contributed by atoms with E-state index in [2.05, 4.69) is 17.2 Å². The quantitative estimate of drug-likeness (QED) is 0.726. The van der Waals surface area contributed by atoms with Crippen LogP contribution in [0.15, 0.2) is 36.9 Å². The number of rotatable bonds is 7. The van der Waals surface area contributed by atoms with Gasteiger partial charge in [0, 0.05) is 18.6 Å². The summed E-state index contributed by atoms with van der Waals surface area (Å²) < 4.78 is 38.8. The summed E-state index contributed by atoms with van der Waals surface area (Å²) in [6, 6.07) is 4.22. The van der Waals surface area contributed by atoms with Crippen LogP contribution in [0.4, 0.5) is 18.0 Å². The van der Waals surface area contributed by atoms with Crippen molar-refractivity contribution < 1.29 is 22.8 Å². The summed E-state index contributed by atoms with van der Waals surface area (Å²) in [5, 5.41) is 4.65. The molecule has 0 heterocycles. The lowest BCUT2D eigenvalue weighted by Gasteiger charge is -2.29. The van der Waals surface area contributed by atoms with Gasteiger partial charge >= 0.3 is 12.2 Å². The Bertz CT molecular complexity index is 672. The lowest BCUT2D eigenvalue weighted by molar-refractivity contribution is -0.137. The van der Waals surface area contributed by atoms with Crippen molar-refractivity contribution in [2.24, 2.45) is 0 Å². The largest absolute Gasteiger partial charge is 0.416 e. The molecular weight excluding hydrogens is 347 g/mol. The Morgan fingerprint density at radius 2 is 2.08 bits per heavy atom. The van der Waals surface area contributed by atoms with E-state index in [1.54, 1.807) is 13.0 Å². The number of carbonyl (C=O) groups excluding carboxylic acids is 2. The first kappa shape index (κ1) is 20.0. The smallest absolute Gasteiger partial charge is 0.334 e. The van der Waals surface area contributed by atoms with Crippen molar-refractivity contribution in [3.05, 3.63) is 48.0 Å². The first-order valence-electron chi connectivity index (χ1n) is 8.34. The van der Waals surface area contributed by atoms with Crippen LogP contribution in [-0.4, -0.2) is 36.0 Å². The normalized spacial score (nSPS) is 15.4. The second-order valence-corrected chi connectivity index (χ2v) is 6.25. The first-order valence-corrected chi connectivity index (χ1v) is 8.34. The van der Waals surface area contributed by atoms with E-state index < -0.39 is 23.7 Å². The van der Waals surface area contributed by atoms with Crippen LogP contribution in [0.5, 0.6) is 0 Å². The maximum atomic E-state index is 12.9. The molecule has 0 radical (unpaired) electrons. The number of halogens is 3. The van der Waals surface area contributed by atoms with E-state index in [1.807, 2.05) is 4.90 Å². The van der Waals surface area contributed by atoms with E-state index >= 15 is 0 Å². The Kier molecular flexibility index (Phi) is 6.42. The molecule has 2 N–H and O–H groups in total. The molecule has 0 aliphatic heterocycles. The summed E-state index contributed by atoms with van der Waals surface area (Å²) in [5.41, 5.74) is -0.235. The SMILES string of the molecule is C=CCNC(=O)NC(=O)CN(C1CC1)C(C)c1cccc(C(F)(F)F)c1. The second-order valence-electron chi connectivity index (χ2n) is 6.25. The van der Waals surface area contributed by atoms with Crippen LogP contribution in [-0.2, 0) is 11.0 Å². The third-order valence-electron chi connectivity index (χ3n) is 4.20. The van der Waals surface area contributed by atoms with Gasteiger partial charge in [-0.15, -0.1) is 6.58 Å². The number of alkyl halides is 3. The molecule has 1 aromatic rings. The van der Waals surface area contributed by atoms with E-state index in [1.165, 1.54) is 12.1 Å². The number of amides is 3. The fraction of sp³-hybridized carbons (Fsp3) is 0.444. The molecule has 26 heavy (non-hydrogen) atoms. The molecule has 0 saturated heterocycles. The zero-order chi connectivity index (χ0) is 19.3. The zero-order valence-electron chi connectivity index (χ0n) is 14.5. The van der Waals surface area contributed by atoms with Gasteiger partial charge in [-0.05, 0) is 37.5 Å². The van der Waals surface area contributed by atoms with Crippen LogP contribution in [0.3, 0.4) is 0 Å². The lowest BCUT2D eigenvalue weighted by Crippen LogP contribution is -2.45. The Morgan fingerprint density at radius 3 is 2.65 bits per heavy atom. The van der Waals surface area contributed by atoms with Crippen LogP contribution < -0.4 is 10.6 Å². The zero-order valence-corrected chi connectivity index (χ0v) is 14.5. The molecule has 5 nitrogen and oxygen atoms in total. The van der Waals surface area contributed by atoms with Crippen molar-refractivity contribution in [1.29, 1.82) is 0 Å². The summed E-state index contributed by atoms with van der Waals surface area (Å²) in [6.45, 7) is 5.38. The molecule has 0 bridgehead atoms. The van der Waals surface area contributed by atoms with Crippen molar-refractivity contribution in [3.63, 3.8) is 0 Å². The highest BCUT2D eigenvalue weighted by Crippen LogP contribution is 2.36. The third-order valence-corrected chi connectivity index (χ3v) is 4.20. The van der Waals surface area contributed by atoms with Crippen LogP contribution in [0.25, 0.3) is 0 Å². The summed E-state index contributed by atoms with van der Waals surface area (Å²) in [7, 11) is 0. The summed E-state index contributed by atoms with van der Waals surface area (Å²) >= 11 is 0. The van der Waals surface area contributed by atoms with Gasteiger partial charge < -0.3 is 5.32 Å². The van der Waals surface area contributed by atoms with Crippen molar-refractivity contribution in [2.75, 3.05) is 13.1 Å². The molecule has 2 rings (SSSR count). The molecule has 3 amide bonds. The van der Waals surface area contributed by atoms with Gasteiger partial charge in [0.1, 0.15) is 0 Å². The van der Waals surface area contributed by atoms with Crippen LogP contribution in [0.2, 0.25) is 0 Å². The van der Waals surface area contributed by atoms with E-state index in [-0.39, 0.29) is 25.2 Å². The number of nitrogens with one attached hydrogen (secondary N) is 2. The summed E-state index contributed by atoms with van der Waals surface area (Å²) in [5.74, 6) is -0.503. The molecule has 1 unspecified atom stereocenters. The average molecular weight is 369 g/mol. The molecule has 1 aromatic carbocycles. The van der Waals surface area contributed by atoms with Crippen molar-refractivity contribution >= 4 is 11.9 Å². The minimum Gasteiger partial charge on any atom is -0.334 e. The number of hydrogen-bond acceptors (Lipinski definition) is 3. The predicted octanol–water partition coefficient (Wildman–Crippen LogP) is 3.24. The predicted molar refractivity (Wildman–Crippen MR) is 91.3 cm³/mol. The fourth-order valence-electron chi connectivity index (χ4n) is 2.70. The molecule has 1 aliphatic carbocycles. The number of benzene rings is 1. The van der Waals surface area contributed by atoms with Crippen molar-refractivity contribution in [1.82, 2.24) is 15.5 Å². The highest BCUT2D eigenvalue weighted by atomic mass is 19.4. The molecular formula is C18H22F3N3O2. The second kappa shape index (κ2) is 8.35. The molecule has 1 saturated carbocycles. The Morgan fingerprint density at radius 1 is 1.38 bits per heavy atom. The highest BCUT2D eigenvalue weighted by Gasteiger charge is 2.35. The lowest BCUT2D eigenvalue weighted by atomic mass is 10.0. The average Bonchev–Trinajstić information content (AvgIpc) is 3.41. The van der Waals surface area contributed by atoms with Gasteiger partial charge in [-0.1, -0.05) is 18.2 Å². The van der Waals surface area contributed by atoms with Gasteiger partial charge in [0.05, 0.1) is 12.1 Å². The summed E-state index contributed by atoms with van der Waals surface area (Å²) in [6.07, 6.45) is -1.19. The molecule has 1 fully saturated rings. The molecule has 142 valence electrons. The topological polar surface area (TPSA) is 61.4 Å². The maximum absolute atomic E-state index is 12.9. The Labute approximate surface area is 150 Å². The third kappa shape index (κ3) is 5.59. The summed E-state index contributed by atoms with van der Waals surface area (Å²) in [4.78, 5) is 25.5. The van der Waals surface area contributed by atoms with E-state index in [0.717, 1.165) is 25.0 Å². The fourth-order valence-corrected chi connectivity index (χ4v) is 2.70. The van der Waals surface area contributed by atoms with Crippen LogP contribution in [0, 0.1) is 0 Å². The molecule has 1 aliphatic rings. The minimum atomic E-state index is -4.42. The number of hydrogen-bond donors (Lipinski definition) is 2. The van der Waals surface area contributed by atoms with Gasteiger partial charge in [0.2, 0.25) is 5.91 Å². The van der Waals surface area contributed by atoms with E-state index in [9.17, 15) is 22.8 Å². The Balaban J connectivity index is 2.06. The van der Waals surface area contributed by atoms with Gasteiger partial charge in [-0.25, -0.2) is 4.79 Å². The van der Waals surface area contributed by atoms with E-state index in [0.29, 0.717) is 5.56 Å². The van der Waals surface area contributed by atoms with Crippen LogP contribution in [0.1, 0.15) is 36.9 Å². The minimum absolute atomic E-state index is 0.0659. The van der Waals surface area contributed by atoms with Gasteiger partial charge in [-0.2, -0.15) is 13.2 Å². The number of nitrogens with zero attached hydrogens (tertiary/aromatic N) is 1. The van der Waals surface area contributed by atoms with Gasteiger partial charge in [-0.3, -0.25) is 15.0 Å². The van der Waals surface area contributed by atoms with Crippen molar-refractivity contribution in [3.8, 4) is 0 Å². The monoisotopic (exact) mass is 369 g/mol.